The highest BCUT2D eigenvalue weighted by molar-refractivity contribution is 5.70. The third-order valence-corrected chi connectivity index (χ3v) is 4.90. The van der Waals surface area contributed by atoms with Crippen LogP contribution >= 0.6 is 0 Å². The number of phenols is 1. The highest BCUT2D eigenvalue weighted by atomic mass is 19.4. The average Bonchev–Trinajstić information content (AvgIpc) is 2.78. The topological polar surface area (TPSA) is 68.1 Å². The van der Waals surface area contributed by atoms with Gasteiger partial charge >= 0.3 is 6.18 Å². The maximum atomic E-state index is 13.2. The molecule has 0 saturated carbocycles. The Morgan fingerprint density at radius 3 is 2.03 bits per heavy atom. The zero-order chi connectivity index (χ0) is 22.9. The Morgan fingerprint density at radius 2 is 1.44 bits per heavy atom. The molecule has 1 heterocycles. The van der Waals surface area contributed by atoms with Crippen molar-refractivity contribution in [1.82, 2.24) is 15.0 Å². The Balaban J connectivity index is 1.90. The van der Waals surface area contributed by atoms with E-state index in [0.717, 1.165) is 6.07 Å². The largest absolute Gasteiger partial charge is 0.507 e. The van der Waals surface area contributed by atoms with Gasteiger partial charge in [-0.2, -0.15) is 13.2 Å². The lowest BCUT2D eigenvalue weighted by molar-refractivity contribution is -0.138. The van der Waals surface area contributed by atoms with E-state index >= 15 is 0 Å². The molecule has 0 aliphatic heterocycles. The first-order valence-corrected chi connectivity index (χ1v) is 9.63. The SMILES string of the molecule is COc1ccc(-c2nc(-c3ccccc3)nc(-c3ccc(C(F)(F)F)c(C)c3)n2)c(O)c1. The highest BCUT2D eigenvalue weighted by Gasteiger charge is 2.32. The number of methoxy groups -OCH3 is 1. The van der Waals surface area contributed by atoms with E-state index in [1.165, 1.54) is 32.2 Å². The fourth-order valence-electron chi connectivity index (χ4n) is 3.29. The molecular formula is C24H18F3N3O2. The number of phenolic OH excluding ortho intramolecular Hbond substituents is 1. The molecule has 162 valence electrons. The minimum atomic E-state index is -4.45. The van der Waals surface area contributed by atoms with Gasteiger partial charge in [0.15, 0.2) is 17.5 Å². The zero-order valence-electron chi connectivity index (χ0n) is 17.2. The zero-order valence-corrected chi connectivity index (χ0v) is 17.2. The van der Waals surface area contributed by atoms with Crippen molar-refractivity contribution in [3.05, 3.63) is 77.9 Å². The van der Waals surface area contributed by atoms with E-state index in [4.69, 9.17) is 4.74 Å². The standard InChI is InChI=1S/C24H18F3N3O2/c1-14-12-16(8-11-19(14)24(25,26)27)22-28-21(15-6-4-3-5-7-15)29-23(30-22)18-10-9-17(32-2)13-20(18)31/h3-13,31H,1-2H3. The van der Waals surface area contributed by atoms with Crippen LogP contribution in [0.4, 0.5) is 13.2 Å². The summed E-state index contributed by atoms with van der Waals surface area (Å²) in [5.41, 5.74) is 0.797. The number of rotatable bonds is 4. The van der Waals surface area contributed by atoms with E-state index in [0.29, 0.717) is 28.3 Å². The second-order valence-electron chi connectivity index (χ2n) is 7.08. The van der Waals surface area contributed by atoms with Gasteiger partial charge in [-0.25, -0.2) is 15.0 Å². The molecule has 32 heavy (non-hydrogen) atoms. The monoisotopic (exact) mass is 437 g/mol. The lowest BCUT2D eigenvalue weighted by Crippen LogP contribution is -2.07. The van der Waals surface area contributed by atoms with Gasteiger partial charge in [-0.05, 0) is 36.8 Å². The smallest absolute Gasteiger partial charge is 0.416 e. The summed E-state index contributed by atoms with van der Waals surface area (Å²) >= 11 is 0. The van der Waals surface area contributed by atoms with Crippen molar-refractivity contribution in [2.45, 2.75) is 13.1 Å². The summed E-state index contributed by atoms with van der Waals surface area (Å²) in [7, 11) is 1.48. The van der Waals surface area contributed by atoms with Gasteiger partial charge in [0.1, 0.15) is 11.5 Å². The summed E-state index contributed by atoms with van der Waals surface area (Å²) in [4.78, 5) is 13.4. The Hall–Kier alpha value is -3.94. The minimum absolute atomic E-state index is 0.0607. The normalized spacial score (nSPS) is 11.4. The van der Waals surface area contributed by atoms with Crippen LogP contribution in [-0.4, -0.2) is 27.2 Å². The van der Waals surface area contributed by atoms with Gasteiger partial charge in [-0.15, -0.1) is 0 Å². The number of alkyl halides is 3. The Morgan fingerprint density at radius 1 is 0.781 bits per heavy atom. The molecular weight excluding hydrogens is 419 g/mol. The van der Waals surface area contributed by atoms with E-state index in [9.17, 15) is 18.3 Å². The van der Waals surface area contributed by atoms with Crippen molar-refractivity contribution in [3.8, 4) is 45.7 Å². The van der Waals surface area contributed by atoms with Crippen molar-refractivity contribution in [1.29, 1.82) is 0 Å². The number of aromatic hydroxyl groups is 1. The Kier molecular flexibility index (Phi) is 5.52. The number of aromatic nitrogens is 3. The quantitative estimate of drug-likeness (QED) is 0.430. The maximum absolute atomic E-state index is 13.2. The Bertz CT molecular complexity index is 1280. The van der Waals surface area contributed by atoms with Crippen LogP contribution in [0, 0.1) is 6.92 Å². The number of hydrogen-bond donors (Lipinski definition) is 1. The molecule has 0 atom stereocenters. The molecule has 0 saturated heterocycles. The number of halogens is 3. The molecule has 1 aromatic heterocycles. The number of ether oxygens (including phenoxy) is 1. The minimum Gasteiger partial charge on any atom is -0.507 e. The second-order valence-corrected chi connectivity index (χ2v) is 7.08. The van der Waals surface area contributed by atoms with Gasteiger partial charge < -0.3 is 9.84 Å². The molecule has 0 radical (unpaired) electrons. The molecule has 0 amide bonds. The van der Waals surface area contributed by atoms with E-state index in [-0.39, 0.29) is 23.0 Å². The first kappa shape index (κ1) is 21.3. The van der Waals surface area contributed by atoms with Crippen LogP contribution < -0.4 is 4.74 Å². The van der Waals surface area contributed by atoms with E-state index in [1.807, 2.05) is 30.3 Å². The maximum Gasteiger partial charge on any atom is 0.416 e. The number of nitrogens with zero attached hydrogens (tertiary/aromatic N) is 3. The van der Waals surface area contributed by atoms with Crippen LogP contribution in [0.15, 0.2) is 66.7 Å². The second kappa shape index (κ2) is 8.30. The molecule has 8 heteroatoms. The van der Waals surface area contributed by atoms with Gasteiger partial charge in [0, 0.05) is 17.2 Å². The average molecular weight is 437 g/mol. The fourth-order valence-corrected chi connectivity index (χ4v) is 3.29. The van der Waals surface area contributed by atoms with Gasteiger partial charge in [0.2, 0.25) is 0 Å². The molecule has 4 aromatic rings. The third-order valence-electron chi connectivity index (χ3n) is 4.90. The third kappa shape index (κ3) is 4.25. The van der Waals surface area contributed by atoms with Crippen LogP contribution in [-0.2, 0) is 6.18 Å². The molecule has 0 fully saturated rings. The van der Waals surface area contributed by atoms with Crippen molar-refractivity contribution < 1.29 is 23.0 Å². The molecule has 0 unspecified atom stereocenters. The van der Waals surface area contributed by atoms with E-state index < -0.39 is 11.7 Å². The molecule has 1 N–H and O–H groups in total. The van der Waals surface area contributed by atoms with Crippen molar-refractivity contribution in [3.63, 3.8) is 0 Å². The van der Waals surface area contributed by atoms with Crippen LogP contribution in [0.3, 0.4) is 0 Å². The van der Waals surface area contributed by atoms with Gasteiger partial charge in [-0.3, -0.25) is 0 Å². The number of aryl methyl sites for hydroxylation is 1. The van der Waals surface area contributed by atoms with Crippen LogP contribution in [0.1, 0.15) is 11.1 Å². The van der Waals surface area contributed by atoms with E-state index in [1.54, 1.807) is 12.1 Å². The van der Waals surface area contributed by atoms with Gasteiger partial charge in [0.25, 0.3) is 0 Å². The first-order chi connectivity index (χ1) is 15.3. The van der Waals surface area contributed by atoms with Crippen LogP contribution in [0.5, 0.6) is 11.5 Å². The van der Waals surface area contributed by atoms with E-state index in [2.05, 4.69) is 15.0 Å². The Labute approximate surface area is 182 Å². The molecule has 3 aromatic carbocycles. The van der Waals surface area contributed by atoms with Crippen LogP contribution in [0.25, 0.3) is 34.2 Å². The van der Waals surface area contributed by atoms with Gasteiger partial charge in [0.05, 0.1) is 18.2 Å². The summed E-state index contributed by atoms with van der Waals surface area (Å²) in [5, 5.41) is 10.5. The first-order valence-electron chi connectivity index (χ1n) is 9.63. The number of benzene rings is 3. The predicted octanol–water partition coefficient (Wildman–Crippen LogP) is 5.91. The molecule has 0 spiro atoms. The summed E-state index contributed by atoms with van der Waals surface area (Å²) in [6, 6.07) is 17.6. The fraction of sp³-hybridized carbons (Fsp3) is 0.125. The summed E-state index contributed by atoms with van der Waals surface area (Å²) in [5.74, 6) is 1.08. The molecule has 4 rings (SSSR count). The lowest BCUT2D eigenvalue weighted by atomic mass is 10.0. The lowest BCUT2D eigenvalue weighted by Gasteiger charge is -2.13. The van der Waals surface area contributed by atoms with Gasteiger partial charge in [-0.1, -0.05) is 36.4 Å². The summed E-state index contributed by atoms with van der Waals surface area (Å²) in [6.07, 6.45) is -4.45. The molecule has 0 aliphatic carbocycles. The van der Waals surface area contributed by atoms with Crippen molar-refractivity contribution >= 4 is 0 Å². The van der Waals surface area contributed by atoms with Crippen molar-refractivity contribution in [2.75, 3.05) is 7.11 Å². The predicted molar refractivity (Wildman–Crippen MR) is 114 cm³/mol. The molecule has 5 nitrogen and oxygen atoms in total. The molecule has 0 bridgehead atoms. The number of hydrogen-bond acceptors (Lipinski definition) is 5. The van der Waals surface area contributed by atoms with Crippen LogP contribution in [0.2, 0.25) is 0 Å². The summed E-state index contributed by atoms with van der Waals surface area (Å²) < 4.78 is 44.7. The summed E-state index contributed by atoms with van der Waals surface area (Å²) in [6.45, 7) is 1.39. The van der Waals surface area contributed by atoms with Crippen molar-refractivity contribution in [2.24, 2.45) is 0 Å². The highest BCUT2D eigenvalue weighted by Crippen LogP contribution is 2.35. The molecule has 0 aliphatic rings.